The number of hydrogen-bond acceptors (Lipinski definition) is 4. The average molecular weight is 271 g/mol. The highest BCUT2D eigenvalue weighted by Crippen LogP contribution is 2.27. The van der Waals surface area contributed by atoms with Gasteiger partial charge in [-0.05, 0) is 18.9 Å². The van der Waals surface area contributed by atoms with Crippen molar-refractivity contribution in [3.8, 4) is 0 Å². The molecule has 0 amide bonds. The monoisotopic (exact) mass is 270 g/mol. The summed E-state index contributed by atoms with van der Waals surface area (Å²) < 4.78 is 0. The maximum Gasteiger partial charge on any atom is 0.171 e. The number of amidine groups is 1. The number of rotatable bonds is 6. The van der Waals surface area contributed by atoms with Crippen LogP contribution in [0.25, 0.3) is 0 Å². The van der Waals surface area contributed by atoms with Crippen LogP contribution in [0.4, 0.5) is 5.82 Å². The van der Waals surface area contributed by atoms with Crippen molar-refractivity contribution >= 4 is 23.3 Å². The Hall–Kier alpha value is -1.49. The number of oxime groups is 1. The van der Waals surface area contributed by atoms with E-state index in [9.17, 15) is 0 Å². The largest absolute Gasteiger partial charge is 0.409 e. The molecule has 3 N–H and O–H groups in total. The lowest BCUT2D eigenvalue weighted by Crippen LogP contribution is -2.27. The van der Waals surface area contributed by atoms with Gasteiger partial charge in [0.15, 0.2) is 5.84 Å². The molecule has 1 aromatic rings. The highest BCUT2D eigenvalue weighted by atomic mass is 35.5. The van der Waals surface area contributed by atoms with Gasteiger partial charge in [-0.2, -0.15) is 0 Å². The highest BCUT2D eigenvalue weighted by molar-refractivity contribution is 6.36. The zero-order valence-electron chi connectivity index (χ0n) is 10.7. The van der Waals surface area contributed by atoms with E-state index >= 15 is 0 Å². The molecule has 0 bridgehead atoms. The molecule has 0 unspecified atom stereocenters. The Morgan fingerprint density at radius 2 is 2.06 bits per heavy atom. The minimum absolute atomic E-state index is 0.00315. The van der Waals surface area contributed by atoms with Gasteiger partial charge >= 0.3 is 0 Å². The third kappa shape index (κ3) is 3.26. The molecule has 0 aliphatic heterocycles. The molecule has 0 saturated heterocycles. The van der Waals surface area contributed by atoms with Crippen LogP contribution in [0.1, 0.15) is 32.3 Å². The molecule has 0 fully saturated rings. The summed E-state index contributed by atoms with van der Waals surface area (Å²) >= 11 is 6.27. The maximum atomic E-state index is 8.72. The third-order valence-electron chi connectivity index (χ3n) is 2.54. The van der Waals surface area contributed by atoms with Gasteiger partial charge in [0.25, 0.3) is 0 Å². The first-order valence-electron chi connectivity index (χ1n) is 6.03. The van der Waals surface area contributed by atoms with Crippen LogP contribution in [0, 0.1) is 0 Å². The van der Waals surface area contributed by atoms with Crippen molar-refractivity contribution in [3.63, 3.8) is 0 Å². The Balaban J connectivity index is 3.15. The summed E-state index contributed by atoms with van der Waals surface area (Å²) in [5, 5.41) is 12.1. The van der Waals surface area contributed by atoms with Gasteiger partial charge in [-0.3, -0.25) is 0 Å². The number of aromatic nitrogens is 1. The van der Waals surface area contributed by atoms with Crippen LogP contribution in [0.5, 0.6) is 0 Å². The molecular weight excluding hydrogens is 252 g/mol. The van der Waals surface area contributed by atoms with Gasteiger partial charge in [0.1, 0.15) is 5.82 Å². The molecule has 0 aliphatic rings. The van der Waals surface area contributed by atoms with E-state index in [0.29, 0.717) is 16.4 Å². The zero-order chi connectivity index (χ0) is 13.5. The van der Waals surface area contributed by atoms with Crippen LogP contribution in [-0.4, -0.2) is 29.1 Å². The Morgan fingerprint density at radius 3 is 2.56 bits per heavy atom. The van der Waals surface area contributed by atoms with Crippen molar-refractivity contribution in [2.24, 2.45) is 10.9 Å². The average Bonchev–Trinajstić information content (AvgIpc) is 2.38. The van der Waals surface area contributed by atoms with Gasteiger partial charge < -0.3 is 15.8 Å². The minimum Gasteiger partial charge on any atom is -0.409 e. The number of hydrogen-bond donors (Lipinski definition) is 2. The summed E-state index contributed by atoms with van der Waals surface area (Å²) in [6.45, 7) is 5.95. The SMILES string of the molecule is CCCN(CCC)c1nccc(/C(N)=N/O)c1Cl. The summed E-state index contributed by atoms with van der Waals surface area (Å²) in [5.41, 5.74) is 6.08. The fourth-order valence-corrected chi connectivity index (χ4v) is 2.10. The lowest BCUT2D eigenvalue weighted by atomic mass is 10.2. The van der Waals surface area contributed by atoms with E-state index in [1.807, 2.05) is 0 Å². The molecule has 1 aromatic heterocycles. The molecule has 1 heterocycles. The number of nitrogens with zero attached hydrogens (tertiary/aromatic N) is 3. The first-order chi connectivity index (χ1) is 8.65. The van der Waals surface area contributed by atoms with Crippen molar-refractivity contribution in [1.29, 1.82) is 0 Å². The van der Waals surface area contributed by atoms with E-state index in [-0.39, 0.29) is 5.84 Å². The van der Waals surface area contributed by atoms with E-state index in [1.54, 1.807) is 12.3 Å². The van der Waals surface area contributed by atoms with Crippen molar-refractivity contribution in [2.45, 2.75) is 26.7 Å². The highest BCUT2D eigenvalue weighted by Gasteiger charge is 2.15. The fourth-order valence-electron chi connectivity index (χ4n) is 1.77. The normalized spacial score (nSPS) is 11.6. The van der Waals surface area contributed by atoms with E-state index in [2.05, 4.69) is 28.9 Å². The zero-order valence-corrected chi connectivity index (χ0v) is 11.5. The van der Waals surface area contributed by atoms with E-state index in [0.717, 1.165) is 25.9 Å². The van der Waals surface area contributed by atoms with Crippen molar-refractivity contribution in [2.75, 3.05) is 18.0 Å². The molecule has 18 heavy (non-hydrogen) atoms. The topological polar surface area (TPSA) is 74.7 Å². The second kappa shape index (κ2) is 7.06. The summed E-state index contributed by atoms with van der Waals surface area (Å²) in [7, 11) is 0. The molecule has 0 spiro atoms. The van der Waals surface area contributed by atoms with Gasteiger partial charge in [0.2, 0.25) is 0 Å². The van der Waals surface area contributed by atoms with Gasteiger partial charge in [-0.25, -0.2) is 4.98 Å². The Bertz CT molecular complexity index is 417. The molecule has 6 heteroatoms. The van der Waals surface area contributed by atoms with Crippen molar-refractivity contribution in [1.82, 2.24) is 4.98 Å². The molecule has 1 rings (SSSR count). The predicted octanol–water partition coefficient (Wildman–Crippen LogP) is 2.46. The summed E-state index contributed by atoms with van der Waals surface area (Å²) in [4.78, 5) is 6.40. The maximum absolute atomic E-state index is 8.72. The van der Waals surface area contributed by atoms with Gasteiger partial charge in [-0.15, -0.1) is 0 Å². The Morgan fingerprint density at radius 1 is 1.44 bits per heavy atom. The predicted molar refractivity (Wildman–Crippen MR) is 74.6 cm³/mol. The molecular formula is C12H19ClN4O. The molecule has 0 saturated carbocycles. The Kier molecular flexibility index (Phi) is 5.71. The molecule has 0 aliphatic carbocycles. The van der Waals surface area contributed by atoms with Crippen LogP contribution >= 0.6 is 11.6 Å². The third-order valence-corrected chi connectivity index (χ3v) is 2.91. The summed E-state index contributed by atoms with van der Waals surface area (Å²) in [6, 6.07) is 1.64. The van der Waals surface area contributed by atoms with Crippen LogP contribution in [0.3, 0.4) is 0 Å². The first-order valence-corrected chi connectivity index (χ1v) is 6.40. The second-order valence-electron chi connectivity index (χ2n) is 3.97. The number of pyridine rings is 1. The van der Waals surface area contributed by atoms with Gasteiger partial charge in [-0.1, -0.05) is 30.6 Å². The van der Waals surface area contributed by atoms with E-state index in [1.165, 1.54) is 0 Å². The quantitative estimate of drug-likeness (QED) is 0.360. The molecule has 0 radical (unpaired) electrons. The van der Waals surface area contributed by atoms with Crippen LogP contribution in [0.2, 0.25) is 5.02 Å². The van der Waals surface area contributed by atoms with Crippen molar-refractivity contribution in [3.05, 3.63) is 22.8 Å². The fraction of sp³-hybridized carbons (Fsp3) is 0.500. The number of anilines is 1. The lowest BCUT2D eigenvalue weighted by molar-refractivity contribution is 0.318. The second-order valence-corrected chi connectivity index (χ2v) is 4.35. The standard InChI is InChI=1S/C12H19ClN4O/c1-3-7-17(8-4-2)12-10(13)9(5-6-15-12)11(14)16-18/h5-6,18H,3-4,7-8H2,1-2H3,(H2,14,16). The summed E-state index contributed by atoms with van der Waals surface area (Å²) in [5.74, 6) is 0.682. The Labute approximate surface area is 112 Å². The van der Waals surface area contributed by atoms with E-state index in [4.69, 9.17) is 22.5 Å². The van der Waals surface area contributed by atoms with Crippen LogP contribution < -0.4 is 10.6 Å². The number of nitrogens with two attached hydrogens (primary N) is 1. The van der Waals surface area contributed by atoms with Crippen LogP contribution in [-0.2, 0) is 0 Å². The lowest BCUT2D eigenvalue weighted by Gasteiger charge is -2.24. The first kappa shape index (κ1) is 14.6. The molecule has 0 atom stereocenters. The molecule has 5 nitrogen and oxygen atoms in total. The molecule has 0 aromatic carbocycles. The van der Waals surface area contributed by atoms with Gasteiger partial charge in [0, 0.05) is 24.8 Å². The van der Waals surface area contributed by atoms with Crippen molar-refractivity contribution < 1.29 is 5.21 Å². The minimum atomic E-state index is -0.00315. The molecule has 100 valence electrons. The van der Waals surface area contributed by atoms with Gasteiger partial charge in [0.05, 0.1) is 5.02 Å². The smallest absolute Gasteiger partial charge is 0.171 e. The number of halogens is 1. The van der Waals surface area contributed by atoms with E-state index < -0.39 is 0 Å². The summed E-state index contributed by atoms with van der Waals surface area (Å²) in [6.07, 6.45) is 3.63. The van der Waals surface area contributed by atoms with Crippen LogP contribution in [0.15, 0.2) is 17.4 Å².